The summed E-state index contributed by atoms with van der Waals surface area (Å²) in [5.41, 5.74) is 0. The van der Waals surface area contributed by atoms with Crippen LogP contribution < -0.4 is 5.32 Å². The van der Waals surface area contributed by atoms with E-state index in [1.54, 1.807) is 0 Å². The van der Waals surface area contributed by atoms with Crippen LogP contribution in [0.4, 0.5) is 4.79 Å². The highest BCUT2D eigenvalue weighted by Gasteiger charge is 2.31. The molecule has 1 heterocycles. The molecule has 1 aliphatic carbocycles. The van der Waals surface area contributed by atoms with Gasteiger partial charge in [0.1, 0.15) is 0 Å². The van der Waals surface area contributed by atoms with E-state index in [-0.39, 0.29) is 12.7 Å². The van der Waals surface area contributed by atoms with Crippen molar-refractivity contribution in [3.05, 3.63) is 0 Å². The molecular formula is C16H30N2O3. The third kappa shape index (κ3) is 5.15. The molecule has 0 radical (unpaired) electrons. The molecule has 21 heavy (non-hydrogen) atoms. The zero-order valence-electron chi connectivity index (χ0n) is 13.2. The van der Waals surface area contributed by atoms with Gasteiger partial charge in [0.25, 0.3) is 0 Å². The second-order valence-corrected chi connectivity index (χ2v) is 6.42. The number of carbonyl (C=O) groups is 1. The lowest BCUT2D eigenvalue weighted by molar-refractivity contribution is 0.0706. The molecule has 1 saturated carbocycles. The Morgan fingerprint density at radius 1 is 1.24 bits per heavy atom. The van der Waals surface area contributed by atoms with Gasteiger partial charge >= 0.3 is 6.09 Å². The first-order chi connectivity index (χ1) is 10.2. The van der Waals surface area contributed by atoms with E-state index in [1.807, 2.05) is 11.8 Å². The number of hydrogen-bond acceptors (Lipinski definition) is 4. The maximum Gasteiger partial charge on any atom is 0.409 e. The minimum absolute atomic E-state index is 0.192. The van der Waals surface area contributed by atoms with Crippen LogP contribution in [0.2, 0.25) is 0 Å². The predicted octanol–water partition coefficient (Wildman–Crippen LogP) is 2.14. The minimum Gasteiger partial charge on any atom is -0.450 e. The molecule has 0 aromatic rings. The van der Waals surface area contributed by atoms with E-state index in [0.717, 1.165) is 19.4 Å². The molecular weight excluding hydrogens is 268 g/mol. The number of hydrogen-bond donors (Lipinski definition) is 2. The molecule has 2 atom stereocenters. The van der Waals surface area contributed by atoms with E-state index < -0.39 is 0 Å². The van der Waals surface area contributed by atoms with Crippen LogP contribution in [0.3, 0.4) is 0 Å². The van der Waals surface area contributed by atoms with Crippen molar-refractivity contribution in [3.8, 4) is 0 Å². The molecule has 1 amide bonds. The summed E-state index contributed by atoms with van der Waals surface area (Å²) in [4.78, 5) is 13.8. The van der Waals surface area contributed by atoms with Crippen molar-refractivity contribution in [1.82, 2.24) is 10.2 Å². The Kier molecular flexibility index (Phi) is 6.77. The molecule has 5 nitrogen and oxygen atoms in total. The lowest BCUT2D eigenvalue weighted by Gasteiger charge is -2.39. The molecule has 2 unspecified atom stereocenters. The van der Waals surface area contributed by atoms with Crippen molar-refractivity contribution in [1.29, 1.82) is 0 Å². The third-order valence-electron chi connectivity index (χ3n) is 4.68. The fraction of sp³-hybridized carbons (Fsp3) is 0.938. The Bertz CT molecular complexity index is 319. The van der Waals surface area contributed by atoms with Crippen molar-refractivity contribution in [2.24, 2.45) is 5.92 Å². The fourth-order valence-corrected chi connectivity index (χ4v) is 3.68. The van der Waals surface area contributed by atoms with Crippen LogP contribution in [0.15, 0.2) is 0 Å². The largest absolute Gasteiger partial charge is 0.450 e. The first kappa shape index (κ1) is 16.6. The summed E-state index contributed by atoms with van der Waals surface area (Å²) in [6, 6.07) is 0.934. The van der Waals surface area contributed by atoms with Crippen LogP contribution in [0, 0.1) is 5.92 Å². The van der Waals surface area contributed by atoms with E-state index in [0.29, 0.717) is 31.2 Å². The van der Waals surface area contributed by atoms with Crippen LogP contribution in [-0.4, -0.2) is 54.5 Å². The average Bonchev–Trinajstić information content (AvgIpc) is 2.48. The molecule has 122 valence electrons. The lowest BCUT2D eigenvalue weighted by atomic mass is 9.89. The van der Waals surface area contributed by atoms with Gasteiger partial charge in [-0.1, -0.05) is 19.3 Å². The summed E-state index contributed by atoms with van der Waals surface area (Å²) in [5, 5.41) is 12.9. The number of ether oxygens (including phenoxy) is 1. The number of likely N-dealkylation sites (tertiary alicyclic amines) is 1. The topological polar surface area (TPSA) is 61.8 Å². The second kappa shape index (κ2) is 8.59. The normalized spacial score (nSPS) is 27.6. The maximum atomic E-state index is 12.0. The Labute approximate surface area is 128 Å². The fourth-order valence-electron chi connectivity index (χ4n) is 3.68. The van der Waals surface area contributed by atoms with Gasteiger partial charge in [0.15, 0.2) is 0 Å². The number of piperidine rings is 1. The van der Waals surface area contributed by atoms with Gasteiger partial charge in [0.05, 0.1) is 6.61 Å². The van der Waals surface area contributed by atoms with Crippen LogP contribution >= 0.6 is 0 Å². The van der Waals surface area contributed by atoms with Crippen molar-refractivity contribution < 1.29 is 14.6 Å². The zero-order valence-corrected chi connectivity index (χ0v) is 13.2. The van der Waals surface area contributed by atoms with E-state index in [4.69, 9.17) is 4.74 Å². The summed E-state index contributed by atoms with van der Waals surface area (Å²) < 4.78 is 5.14. The molecule has 0 bridgehead atoms. The highest BCUT2D eigenvalue weighted by atomic mass is 16.6. The van der Waals surface area contributed by atoms with Crippen LogP contribution in [0.1, 0.15) is 51.9 Å². The van der Waals surface area contributed by atoms with Crippen LogP contribution in [0.5, 0.6) is 0 Å². The van der Waals surface area contributed by atoms with Gasteiger partial charge in [0, 0.05) is 31.8 Å². The minimum atomic E-state index is -0.212. The molecule has 2 fully saturated rings. The molecule has 0 aromatic heterocycles. The molecule has 2 rings (SSSR count). The van der Waals surface area contributed by atoms with E-state index in [1.165, 1.54) is 32.1 Å². The van der Waals surface area contributed by atoms with Gasteiger partial charge in [-0.25, -0.2) is 4.79 Å². The highest BCUT2D eigenvalue weighted by Crippen LogP contribution is 2.24. The van der Waals surface area contributed by atoms with Gasteiger partial charge in [-0.2, -0.15) is 0 Å². The summed E-state index contributed by atoms with van der Waals surface area (Å²) in [7, 11) is 0. The Balaban J connectivity index is 1.90. The van der Waals surface area contributed by atoms with Gasteiger partial charge in [-0.3, -0.25) is 0 Å². The number of aliphatic hydroxyl groups excluding tert-OH is 1. The second-order valence-electron chi connectivity index (χ2n) is 6.42. The van der Waals surface area contributed by atoms with Gasteiger partial charge in [-0.15, -0.1) is 0 Å². The highest BCUT2D eigenvalue weighted by molar-refractivity contribution is 5.67. The Morgan fingerprint density at radius 3 is 2.67 bits per heavy atom. The number of aliphatic hydroxyl groups is 1. The number of rotatable bonds is 5. The van der Waals surface area contributed by atoms with Gasteiger partial charge in [0.2, 0.25) is 0 Å². The van der Waals surface area contributed by atoms with Crippen molar-refractivity contribution in [3.63, 3.8) is 0 Å². The molecule has 0 aromatic carbocycles. The first-order valence-electron chi connectivity index (χ1n) is 8.51. The maximum absolute atomic E-state index is 12.0. The number of amides is 1. The quantitative estimate of drug-likeness (QED) is 0.816. The number of carbonyl (C=O) groups excluding carboxylic acids is 1. The molecule has 0 spiro atoms. The Morgan fingerprint density at radius 2 is 2.00 bits per heavy atom. The SMILES string of the molecule is CCOC(=O)N1CC(CCO)CC(NC2CCCCC2)C1. The Hall–Kier alpha value is -0.810. The van der Waals surface area contributed by atoms with Crippen molar-refractivity contribution in [2.75, 3.05) is 26.3 Å². The van der Waals surface area contributed by atoms with Gasteiger partial charge in [-0.05, 0) is 38.5 Å². The van der Waals surface area contributed by atoms with Gasteiger partial charge < -0.3 is 20.1 Å². The monoisotopic (exact) mass is 298 g/mol. The molecule has 2 aliphatic rings. The molecule has 1 aliphatic heterocycles. The third-order valence-corrected chi connectivity index (χ3v) is 4.68. The first-order valence-corrected chi connectivity index (χ1v) is 8.51. The summed E-state index contributed by atoms with van der Waals surface area (Å²) >= 11 is 0. The summed E-state index contributed by atoms with van der Waals surface area (Å²) in [6.07, 6.45) is 8.08. The predicted molar refractivity (Wildman–Crippen MR) is 82.2 cm³/mol. The van der Waals surface area contributed by atoms with Crippen molar-refractivity contribution in [2.45, 2.75) is 64.0 Å². The van der Waals surface area contributed by atoms with Crippen LogP contribution in [-0.2, 0) is 4.74 Å². The summed E-state index contributed by atoms with van der Waals surface area (Å²) in [5.74, 6) is 0.370. The van der Waals surface area contributed by atoms with Crippen LogP contribution in [0.25, 0.3) is 0 Å². The molecule has 2 N–H and O–H groups in total. The molecule has 1 saturated heterocycles. The number of nitrogens with zero attached hydrogens (tertiary/aromatic N) is 1. The zero-order chi connectivity index (χ0) is 15.1. The average molecular weight is 298 g/mol. The van der Waals surface area contributed by atoms with E-state index in [2.05, 4.69) is 5.32 Å². The lowest BCUT2D eigenvalue weighted by Crippen LogP contribution is -2.54. The van der Waals surface area contributed by atoms with E-state index >= 15 is 0 Å². The molecule has 5 heteroatoms. The van der Waals surface area contributed by atoms with Crippen molar-refractivity contribution >= 4 is 6.09 Å². The smallest absolute Gasteiger partial charge is 0.409 e. The van der Waals surface area contributed by atoms with E-state index in [9.17, 15) is 9.90 Å². The summed E-state index contributed by atoms with van der Waals surface area (Å²) in [6.45, 7) is 3.89. The standard InChI is InChI=1S/C16H30N2O3/c1-2-21-16(20)18-11-13(8-9-19)10-15(12-18)17-14-6-4-3-5-7-14/h13-15,17,19H,2-12H2,1H3. The number of nitrogens with one attached hydrogen (secondary N) is 1.